The van der Waals surface area contributed by atoms with E-state index < -0.39 is 0 Å². The molecular formula is C15H17FN2. The molecule has 1 saturated carbocycles. The SMILES string of the molecule is N#Cc1cc(F)ccc1N1CC2(CCCCC2)C1. The van der Waals surface area contributed by atoms with E-state index >= 15 is 0 Å². The minimum absolute atomic E-state index is 0.330. The standard InChI is InChI=1S/C15H17FN2/c16-13-4-5-14(12(8-13)9-17)18-10-15(11-18)6-2-1-3-7-15/h4-5,8H,1-3,6-7,10-11H2. The summed E-state index contributed by atoms with van der Waals surface area (Å²) in [7, 11) is 0. The molecule has 0 amide bonds. The zero-order valence-electron chi connectivity index (χ0n) is 10.5. The molecule has 0 N–H and O–H groups in total. The number of halogens is 1. The fraction of sp³-hybridized carbons (Fsp3) is 0.533. The van der Waals surface area contributed by atoms with Crippen molar-refractivity contribution in [1.29, 1.82) is 5.26 Å². The lowest BCUT2D eigenvalue weighted by Gasteiger charge is -2.53. The molecule has 94 valence electrons. The lowest BCUT2D eigenvalue weighted by atomic mass is 9.68. The lowest BCUT2D eigenvalue weighted by molar-refractivity contribution is 0.139. The second-order valence-electron chi connectivity index (χ2n) is 5.69. The molecule has 2 aliphatic rings. The van der Waals surface area contributed by atoms with Gasteiger partial charge in [0.25, 0.3) is 0 Å². The number of hydrogen-bond acceptors (Lipinski definition) is 2. The molecule has 0 bridgehead atoms. The highest BCUT2D eigenvalue weighted by Crippen LogP contribution is 2.45. The number of anilines is 1. The minimum Gasteiger partial charge on any atom is -0.369 e. The summed E-state index contributed by atoms with van der Waals surface area (Å²) < 4.78 is 13.1. The van der Waals surface area contributed by atoms with E-state index in [1.165, 1.54) is 44.2 Å². The number of rotatable bonds is 1. The number of nitriles is 1. The van der Waals surface area contributed by atoms with E-state index in [1.54, 1.807) is 6.07 Å². The van der Waals surface area contributed by atoms with Crippen molar-refractivity contribution < 1.29 is 4.39 Å². The Labute approximate surface area is 107 Å². The Hall–Kier alpha value is -1.56. The monoisotopic (exact) mass is 244 g/mol. The maximum atomic E-state index is 13.1. The molecule has 0 aromatic heterocycles. The van der Waals surface area contributed by atoms with Gasteiger partial charge in [0, 0.05) is 18.5 Å². The third-order valence-electron chi connectivity index (χ3n) is 4.39. The highest BCUT2D eigenvalue weighted by molar-refractivity contribution is 5.61. The first kappa shape index (κ1) is 11.5. The molecular weight excluding hydrogens is 227 g/mol. The average Bonchev–Trinajstić information content (AvgIpc) is 2.37. The predicted octanol–water partition coefficient (Wildman–Crippen LogP) is 3.47. The largest absolute Gasteiger partial charge is 0.369 e. The Morgan fingerprint density at radius 2 is 1.89 bits per heavy atom. The van der Waals surface area contributed by atoms with Gasteiger partial charge in [-0.2, -0.15) is 5.26 Å². The van der Waals surface area contributed by atoms with Gasteiger partial charge in [-0.25, -0.2) is 4.39 Å². The van der Waals surface area contributed by atoms with Crippen LogP contribution in [-0.2, 0) is 0 Å². The van der Waals surface area contributed by atoms with Crippen molar-refractivity contribution in [3.05, 3.63) is 29.6 Å². The van der Waals surface area contributed by atoms with Gasteiger partial charge in [0.1, 0.15) is 11.9 Å². The lowest BCUT2D eigenvalue weighted by Crippen LogP contribution is -2.57. The first-order valence-corrected chi connectivity index (χ1v) is 6.67. The van der Waals surface area contributed by atoms with Crippen molar-refractivity contribution in [3.63, 3.8) is 0 Å². The third-order valence-corrected chi connectivity index (χ3v) is 4.39. The van der Waals surface area contributed by atoms with Crippen LogP contribution in [0.1, 0.15) is 37.7 Å². The quantitative estimate of drug-likeness (QED) is 0.756. The molecule has 1 aromatic carbocycles. The second-order valence-corrected chi connectivity index (χ2v) is 5.69. The van der Waals surface area contributed by atoms with Crippen LogP contribution in [0, 0.1) is 22.6 Å². The Morgan fingerprint density at radius 3 is 2.56 bits per heavy atom. The van der Waals surface area contributed by atoms with Crippen molar-refractivity contribution in [2.24, 2.45) is 5.41 Å². The molecule has 3 rings (SSSR count). The van der Waals surface area contributed by atoms with Gasteiger partial charge in [0.05, 0.1) is 11.3 Å². The van der Waals surface area contributed by atoms with E-state index in [9.17, 15) is 4.39 Å². The molecule has 2 nitrogen and oxygen atoms in total. The maximum Gasteiger partial charge on any atom is 0.124 e. The summed E-state index contributed by atoms with van der Waals surface area (Å²) in [5.74, 6) is -0.330. The third kappa shape index (κ3) is 1.86. The Kier molecular flexibility index (Phi) is 2.74. The molecule has 0 atom stereocenters. The number of hydrogen-bond donors (Lipinski definition) is 0. The van der Waals surface area contributed by atoms with Crippen LogP contribution >= 0.6 is 0 Å². The molecule has 2 fully saturated rings. The summed E-state index contributed by atoms with van der Waals surface area (Å²) in [4.78, 5) is 2.23. The van der Waals surface area contributed by atoms with E-state index in [4.69, 9.17) is 5.26 Å². The summed E-state index contributed by atoms with van der Waals surface area (Å²) in [5.41, 5.74) is 1.84. The van der Waals surface area contributed by atoms with Gasteiger partial charge in [-0.1, -0.05) is 19.3 Å². The molecule has 1 aromatic rings. The van der Waals surface area contributed by atoms with Crippen LogP contribution < -0.4 is 4.90 Å². The highest BCUT2D eigenvalue weighted by Gasteiger charge is 2.43. The zero-order chi connectivity index (χ0) is 12.6. The van der Waals surface area contributed by atoms with Crippen LogP contribution in [0.15, 0.2) is 18.2 Å². The van der Waals surface area contributed by atoms with Crippen LogP contribution in [0.5, 0.6) is 0 Å². The normalized spacial score (nSPS) is 21.4. The second kappa shape index (κ2) is 4.28. The van der Waals surface area contributed by atoms with E-state index in [1.807, 2.05) is 0 Å². The minimum atomic E-state index is -0.330. The van der Waals surface area contributed by atoms with Gasteiger partial charge in [-0.15, -0.1) is 0 Å². The fourth-order valence-corrected chi connectivity index (χ4v) is 3.43. The van der Waals surface area contributed by atoms with Crippen LogP contribution in [0.25, 0.3) is 0 Å². The molecule has 1 aliphatic carbocycles. The summed E-state index contributed by atoms with van der Waals surface area (Å²) in [6.45, 7) is 2.07. The topological polar surface area (TPSA) is 27.0 Å². The Balaban J connectivity index is 1.77. The molecule has 1 aliphatic heterocycles. The zero-order valence-corrected chi connectivity index (χ0v) is 10.5. The maximum absolute atomic E-state index is 13.1. The molecule has 1 spiro atoms. The van der Waals surface area contributed by atoms with Gasteiger partial charge in [0.2, 0.25) is 0 Å². The predicted molar refractivity (Wildman–Crippen MR) is 68.8 cm³/mol. The first-order chi connectivity index (χ1) is 8.72. The molecule has 1 heterocycles. The van der Waals surface area contributed by atoms with Gasteiger partial charge < -0.3 is 4.90 Å². The molecule has 18 heavy (non-hydrogen) atoms. The van der Waals surface area contributed by atoms with E-state index in [0.29, 0.717) is 11.0 Å². The van der Waals surface area contributed by atoms with Crippen molar-refractivity contribution in [2.45, 2.75) is 32.1 Å². The Morgan fingerprint density at radius 1 is 1.17 bits per heavy atom. The molecule has 0 unspecified atom stereocenters. The summed E-state index contributed by atoms with van der Waals surface area (Å²) in [6.07, 6.45) is 6.66. The molecule has 3 heteroatoms. The highest BCUT2D eigenvalue weighted by atomic mass is 19.1. The average molecular weight is 244 g/mol. The molecule has 1 saturated heterocycles. The number of nitrogens with zero attached hydrogens (tertiary/aromatic N) is 2. The van der Waals surface area contributed by atoms with E-state index in [2.05, 4.69) is 11.0 Å². The van der Waals surface area contributed by atoms with E-state index in [-0.39, 0.29) is 5.82 Å². The van der Waals surface area contributed by atoms with Crippen LogP contribution in [0.3, 0.4) is 0 Å². The van der Waals surface area contributed by atoms with Crippen LogP contribution in [0.4, 0.5) is 10.1 Å². The van der Waals surface area contributed by atoms with E-state index in [0.717, 1.165) is 18.8 Å². The van der Waals surface area contributed by atoms with Crippen molar-refractivity contribution in [3.8, 4) is 6.07 Å². The van der Waals surface area contributed by atoms with Crippen molar-refractivity contribution in [1.82, 2.24) is 0 Å². The summed E-state index contributed by atoms with van der Waals surface area (Å²) >= 11 is 0. The van der Waals surface area contributed by atoms with Crippen molar-refractivity contribution in [2.75, 3.05) is 18.0 Å². The van der Waals surface area contributed by atoms with Gasteiger partial charge in [0.15, 0.2) is 0 Å². The van der Waals surface area contributed by atoms with Crippen LogP contribution in [-0.4, -0.2) is 13.1 Å². The summed E-state index contributed by atoms with van der Waals surface area (Å²) in [6, 6.07) is 6.62. The number of benzene rings is 1. The summed E-state index contributed by atoms with van der Waals surface area (Å²) in [5, 5.41) is 9.07. The van der Waals surface area contributed by atoms with Gasteiger partial charge in [-0.05, 0) is 31.0 Å². The van der Waals surface area contributed by atoms with Gasteiger partial charge >= 0.3 is 0 Å². The van der Waals surface area contributed by atoms with Gasteiger partial charge in [-0.3, -0.25) is 0 Å². The van der Waals surface area contributed by atoms with Crippen LogP contribution in [0.2, 0.25) is 0 Å². The Bertz CT molecular complexity index is 490. The van der Waals surface area contributed by atoms with Crippen molar-refractivity contribution >= 4 is 5.69 Å². The molecule has 0 radical (unpaired) electrons. The smallest absolute Gasteiger partial charge is 0.124 e. The first-order valence-electron chi connectivity index (χ1n) is 6.67. The fourth-order valence-electron chi connectivity index (χ4n) is 3.43.